The van der Waals surface area contributed by atoms with Gasteiger partial charge in [-0.3, -0.25) is 0 Å². The molecule has 0 saturated carbocycles. The van der Waals surface area contributed by atoms with Gasteiger partial charge in [-0.2, -0.15) is 0 Å². The highest BCUT2D eigenvalue weighted by Gasteiger charge is 2.30. The van der Waals surface area contributed by atoms with Crippen LogP contribution in [0.3, 0.4) is 0 Å². The van der Waals surface area contributed by atoms with Gasteiger partial charge in [0.25, 0.3) is 0 Å². The second-order valence-corrected chi connectivity index (χ2v) is 6.45. The van der Waals surface area contributed by atoms with Gasteiger partial charge in [0, 0.05) is 17.5 Å². The predicted molar refractivity (Wildman–Crippen MR) is 76.2 cm³/mol. The first-order valence-corrected chi connectivity index (χ1v) is 6.90. The molecule has 2 unspecified atom stereocenters. The van der Waals surface area contributed by atoms with Gasteiger partial charge in [0.1, 0.15) is 5.75 Å². The lowest BCUT2D eigenvalue weighted by Crippen LogP contribution is -2.34. The Balaban J connectivity index is 2.06. The quantitative estimate of drug-likeness (QED) is 0.878. The fourth-order valence-corrected chi connectivity index (χ4v) is 2.66. The van der Waals surface area contributed by atoms with Crippen LogP contribution in [0, 0.1) is 5.41 Å². The largest absolute Gasteiger partial charge is 0.493 e. The number of hydrogen-bond acceptors (Lipinski definition) is 2. The highest BCUT2D eigenvalue weighted by atomic mass is 16.5. The third-order valence-corrected chi connectivity index (χ3v) is 3.80. The van der Waals surface area contributed by atoms with E-state index in [9.17, 15) is 0 Å². The van der Waals surface area contributed by atoms with Crippen LogP contribution in [-0.4, -0.2) is 19.7 Å². The zero-order chi connectivity index (χ0) is 13.2. The molecule has 1 heterocycles. The molecule has 2 atom stereocenters. The minimum atomic E-state index is 0.397. The summed E-state index contributed by atoms with van der Waals surface area (Å²) in [5, 5.41) is 3.48. The van der Waals surface area contributed by atoms with Crippen molar-refractivity contribution in [2.45, 2.75) is 45.6 Å². The number of fused-ring (bicyclic) bond motifs is 1. The maximum Gasteiger partial charge on any atom is 0.122 e. The standard InChI is InChI=1S/C16H25NO/c1-16(2,3)10-9-14(17-4)13-11-18-15-8-6-5-7-12(13)15/h5-8,13-14,17H,9-11H2,1-4H3. The van der Waals surface area contributed by atoms with Crippen LogP contribution >= 0.6 is 0 Å². The number of nitrogens with one attached hydrogen (secondary N) is 1. The zero-order valence-corrected chi connectivity index (χ0v) is 12.0. The van der Waals surface area contributed by atoms with Crippen molar-refractivity contribution < 1.29 is 4.74 Å². The molecule has 1 aromatic carbocycles. The lowest BCUT2D eigenvalue weighted by Gasteiger charge is -2.26. The summed E-state index contributed by atoms with van der Waals surface area (Å²) in [6.07, 6.45) is 2.43. The van der Waals surface area contributed by atoms with Crippen molar-refractivity contribution in [3.05, 3.63) is 29.8 Å². The molecule has 0 aliphatic carbocycles. The van der Waals surface area contributed by atoms with Crippen LogP contribution in [-0.2, 0) is 0 Å². The summed E-state index contributed by atoms with van der Waals surface area (Å²) in [5.41, 5.74) is 1.76. The summed E-state index contributed by atoms with van der Waals surface area (Å²) < 4.78 is 5.79. The lowest BCUT2D eigenvalue weighted by molar-refractivity contribution is 0.273. The van der Waals surface area contributed by atoms with Crippen LogP contribution in [0.4, 0.5) is 0 Å². The Morgan fingerprint density at radius 3 is 2.72 bits per heavy atom. The Labute approximate surface area is 111 Å². The second-order valence-electron chi connectivity index (χ2n) is 6.45. The second kappa shape index (κ2) is 5.31. The molecule has 18 heavy (non-hydrogen) atoms. The van der Waals surface area contributed by atoms with E-state index in [0.29, 0.717) is 17.4 Å². The average Bonchev–Trinajstić information content (AvgIpc) is 2.73. The van der Waals surface area contributed by atoms with Gasteiger partial charge in [-0.25, -0.2) is 0 Å². The van der Waals surface area contributed by atoms with Crippen molar-refractivity contribution in [2.24, 2.45) is 5.41 Å². The number of rotatable bonds is 4. The summed E-state index contributed by atoms with van der Waals surface area (Å²) >= 11 is 0. The van der Waals surface area contributed by atoms with E-state index in [-0.39, 0.29) is 0 Å². The van der Waals surface area contributed by atoms with Crippen LogP contribution in [0.1, 0.15) is 45.1 Å². The molecular weight excluding hydrogens is 222 g/mol. The van der Waals surface area contributed by atoms with Crippen molar-refractivity contribution in [1.29, 1.82) is 0 Å². The predicted octanol–water partition coefficient (Wildman–Crippen LogP) is 3.58. The molecule has 1 N–H and O–H groups in total. The Morgan fingerprint density at radius 2 is 2.06 bits per heavy atom. The smallest absolute Gasteiger partial charge is 0.122 e. The summed E-state index contributed by atoms with van der Waals surface area (Å²) in [7, 11) is 2.06. The number of likely N-dealkylation sites (N-methyl/N-ethyl adjacent to an activating group) is 1. The molecule has 0 spiro atoms. The van der Waals surface area contributed by atoms with Crippen molar-refractivity contribution in [2.75, 3.05) is 13.7 Å². The molecule has 0 radical (unpaired) electrons. The summed E-state index contributed by atoms with van der Waals surface area (Å²) in [5.74, 6) is 1.56. The Bertz CT molecular complexity index is 394. The van der Waals surface area contributed by atoms with Crippen molar-refractivity contribution >= 4 is 0 Å². The van der Waals surface area contributed by atoms with Gasteiger partial charge >= 0.3 is 0 Å². The van der Waals surface area contributed by atoms with E-state index in [1.807, 2.05) is 6.07 Å². The first-order chi connectivity index (χ1) is 8.51. The first-order valence-electron chi connectivity index (χ1n) is 6.90. The van der Waals surface area contributed by atoms with Gasteiger partial charge in [-0.15, -0.1) is 0 Å². The third-order valence-electron chi connectivity index (χ3n) is 3.80. The van der Waals surface area contributed by atoms with Crippen LogP contribution in [0.25, 0.3) is 0 Å². The Kier molecular flexibility index (Phi) is 3.96. The highest BCUT2D eigenvalue weighted by molar-refractivity contribution is 5.40. The van der Waals surface area contributed by atoms with Crippen molar-refractivity contribution in [3.63, 3.8) is 0 Å². The number of ether oxygens (including phenoxy) is 1. The summed E-state index contributed by atoms with van der Waals surface area (Å²) in [6, 6.07) is 8.94. The number of hydrogen-bond donors (Lipinski definition) is 1. The molecule has 1 aliphatic heterocycles. The van der Waals surface area contributed by atoms with E-state index in [1.54, 1.807) is 0 Å². The minimum absolute atomic E-state index is 0.397. The van der Waals surface area contributed by atoms with E-state index in [2.05, 4.69) is 51.3 Å². The first kappa shape index (κ1) is 13.4. The van der Waals surface area contributed by atoms with Gasteiger partial charge < -0.3 is 10.1 Å². The fraction of sp³-hybridized carbons (Fsp3) is 0.625. The molecule has 0 fully saturated rings. The molecule has 2 nitrogen and oxygen atoms in total. The maximum atomic E-state index is 5.79. The summed E-state index contributed by atoms with van der Waals surface area (Å²) in [6.45, 7) is 7.73. The minimum Gasteiger partial charge on any atom is -0.493 e. The fourth-order valence-electron chi connectivity index (χ4n) is 2.66. The summed E-state index contributed by atoms with van der Waals surface area (Å²) in [4.78, 5) is 0. The van der Waals surface area contributed by atoms with E-state index >= 15 is 0 Å². The molecule has 0 aromatic heterocycles. The molecule has 1 aromatic rings. The van der Waals surface area contributed by atoms with Crippen molar-refractivity contribution in [1.82, 2.24) is 5.32 Å². The monoisotopic (exact) mass is 247 g/mol. The van der Waals surface area contributed by atoms with E-state index in [4.69, 9.17) is 4.74 Å². The molecule has 0 saturated heterocycles. The van der Waals surface area contributed by atoms with Crippen molar-refractivity contribution in [3.8, 4) is 5.75 Å². The van der Waals surface area contributed by atoms with Crippen LogP contribution < -0.4 is 10.1 Å². The molecular formula is C16H25NO. The topological polar surface area (TPSA) is 21.3 Å². The van der Waals surface area contributed by atoms with Gasteiger partial charge in [0.15, 0.2) is 0 Å². The number of benzene rings is 1. The average molecular weight is 247 g/mol. The molecule has 2 rings (SSSR count). The Hall–Kier alpha value is -1.02. The zero-order valence-electron chi connectivity index (χ0n) is 12.0. The van der Waals surface area contributed by atoms with E-state index in [1.165, 1.54) is 18.4 Å². The van der Waals surface area contributed by atoms with Crippen LogP contribution in [0.2, 0.25) is 0 Å². The SMILES string of the molecule is CNC(CCC(C)(C)C)C1COc2ccccc21. The highest BCUT2D eigenvalue weighted by Crippen LogP contribution is 2.37. The van der Waals surface area contributed by atoms with Gasteiger partial charge in [0.2, 0.25) is 0 Å². The molecule has 0 amide bonds. The van der Waals surface area contributed by atoms with Gasteiger partial charge in [0.05, 0.1) is 6.61 Å². The van der Waals surface area contributed by atoms with Gasteiger partial charge in [-0.1, -0.05) is 39.0 Å². The van der Waals surface area contributed by atoms with Gasteiger partial charge in [-0.05, 0) is 31.4 Å². The molecule has 2 heteroatoms. The molecule has 1 aliphatic rings. The molecule has 0 bridgehead atoms. The Morgan fingerprint density at radius 1 is 1.33 bits per heavy atom. The van der Waals surface area contributed by atoms with Crippen LogP contribution in [0.15, 0.2) is 24.3 Å². The third kappa shape index (κ3) is 3.05. The normalized spacial score (nSPS) is 20.3. The lowest BCUT2D eigenvalue weighted by atomic mass is 9.84. The van der Waals surface area contributed by atoms with Crippen LogP contribution in [0.5, 0.6) is 5.75 Å². The van der Waals surface area contributed by atoms with E-state index in [0.717, 1.165) is 12.4 Å². The van der Waals surface area contributed by atoms with E-state index < -0.39 is 0 Å². The maximum absolute atomic E-state index is 5.79. The number of para-hydroxylation sites is 1. The molecule has 100 valence electrons.